The van der Waals surface area contributed by atoms with Gasteiger partial charge in [-0.15, -0.1) is 11.3 Å². The van der Waals surface area contributed by atoms with Gasteiger partial charge < -0.3 is 8.98 Å². The molecule has 0 bridgehead atoms. The van der Waals surface area contributed by atoms with Crippen LogP contribution in [0, 0.1) is 0 Å². The summed E-state index contributed by atoms with van der Waals surface area (Å²) in [5.41, 5.74) is 9.69. The van der Waals surface area contributed by atoms with E-state index in [2.05, 4.69) is 180 Å². The number of thiophene rings is 1. The molecule has 0 aliphatic carbocycles. The maximum absolute atomic E-state index is 6.97. The summed E-state index contributed by atoms with van der Waals surface area (Å²) < 4.78 is 11.7. The average Bonchev–Trinajstić information content (AvgIpc) is 4.01. The van der Waals surface area contributed by atoms with Crippen molar-refractivity contribution >= 4 is 86.0 Å². The van der Waals surface area contributed by atoms with E-state index < -0.39 is 0 Å². The van der Waals surface area contributed by atoms with Crippen LogP contribution in [0.15, 0.2) is 199 Å². The Bertz CT molecular complexity index is 3900. The monoisotopic (exact) mass is 796 g/mol. The highest BCUT2D eigenvalue weighted by Gasteiger charge is 2.24. The lowest BCUT2D eigenvalue weighted by atomic mass is 9.99. The highest BCUT2D eigenvalue weighted by atomic mass is 32.1. The molecule has 4 aromatic heterocycles. The zero-order valence-electron chi connectivity index (χ0n) is 32.6. The third-order valence-electron chi connectivity index (χ3n) is 12.1. The van der Waals surface area contributed by atoms with Gasteiger partial charge in [0.05, 0.1) is 16.7 Å². The van der Waals surface area contributed by atoms with Gasteiger partial charge in [0.15, 0.2) is 23.1 Å². The Morgan fingerprint density at radius 2 is 1.00 bits per heavy atom. The number of furan rings is 1. The Morgan fingerprint density at radius 1 is 0.393 bits per heavy atom. The fraction of sp³-hybridized carbons (Fsp3) is 0. The molecule has 0 amide bonds. The number of hydrogen-bond donors (Lipinski definition) is 0. The summed E-state index contributed by atoms with van der Waals surface area (Å²) in [6.45, 7) is 0. The van der Waals surface area contributed by atoms with Crippen molar-refractivity contribution < 1.29 is 4.42 Å². The molecule has 0 fully saturated rings. The van der Waals surface area contributed by atoms with Gasteiger partial charge in [-0.3, -0.25) is 0 Å². The van der Waals surface area contributed by atoms with E-state index in [1.807, 2.05) is 18.2 Å². The zero-order chi connectivity index (χ0) is 40.0. The molecule has 0 spiro atoms. The molecule has 0 aliphatic heterocycles. The van der Waals surface area contributed by atoms with Gasteiger partial charge in [0.2, 0.25) is 0 Å². The Hall–Kier alpha value is -7.93. The zero-order valence-corrected chi connectivity index (χ0v) is 33.4. The number of benzene rings is 9. The van der Waals surface area contributed by atoms with Gasteiger partial charge in [-0.1, -0.05) is 146 Å². The van der Waals surface area contributed by atoms with Gasteiger partial charge in [-0.2, -0.15) is 0 Å². The Balaban J connectivity index is 1.12. The van der Waals surface area contributed by atoms with E-state index in [0.29, 0.717) is 17.5 Å². The van der Waals surface area contributed by atoms with Crippen LogP contribution in [0.25, 0.3) is 126 Å². The smallest absolute Gasteiger partial charge is 0.164 e. The van der Waals surface area contributed by atoms with E-state index in [1.165, 1.54) is 36.3 Å². The molecule has 9 aromatic carbocycles. The summed E-state index contributed by atoms with van der Waals surface area (Å²) in [4.78, 5) is 16.2. The van der Waals surface area contributed by atoms with Crippen molar-refractivity contribution in [3.63, 3.8) is 0 Å². The van der Waals surface area contributed by atoms with Crippen molar-refractivity contribution in [2.75, 3.05) is 0 Å². The SMILES string of the molecule is c1ccc(-c2ccccc2-c2nc(-c3cccc4sc5ccccc5c34)nc(-c3ccc(-n4c5ccccc5c5cc6ccccc6cc54)c4oc5ccccc5c34)n2)cc1. The number of aromatic nitrogens is 4. The third kappa shape index (κ3) is 5.22. The Labute approximate surface area is 353 Å². The fourth-order valence-electron chi connectivity index (χ4n) is 9.34. The molecule has 0 unspecified atom stereocenters. The molecule has 13 rings (SSSR count). The first-order valence-electron chi connectivity index (χ1n) is 20.4. The molecule has 5 nitrogen and oxygen atoms in total. The second kappa shape index (κ2) is 13.3. The van der Waals surface area contributed by atoms with Crippen LogP contribution < -0.4 is 0 Å². The molecule has 0 saturated heterocycles. The third-order valence-corrected chi connectivity index (χ3v) is 13.2. The molecule has 4 heterocycles. The van der Waals surface area contributed by atoms with Crippen molar-refractivity contribution in [1.82, 2.24) is 19.5 Å². The Kier molecular flexibility index (Phi) is 7.41. The largest absolute Gasteiger partial charge is 0.454 e. The fourth-order valence-corrected chi connectivity index (χ4v) is 10.5. The highest BCUT2D eigenvalue weighted by Crippen LogP contribution is 2.44. The summed E-state index contributed by atoms with van der Waals surface area (Å²) in [5, 5.41) is 9.08. The van der Waals surface area contributed by atoms with Gasteiger partial charge in [-0.05, 0) is 70.4 Å². The predicted octanol–water partition coefficient (Wildman–Crippen LogP) is 15.1. The number of para-hydroxylation sites is 2. The minimum absolute atomic E-state index is 0.579. The summed E-state index contributed by atoms with van der Waals surface area (Å²) in [5.74, 6) is 1.81. The predicted molar refractivity (Wildman–Crippen MR) is 254 cm³/mol. The van der Waals surface area contributed by atoms with E-state index in [1.54, 1.807) is 11.3 Å². The maximum atomic E-state index is 6.97. The lowest BCUT2D eigenvalue weighted by molar-refractivity contribution is 0.666. The van der Waals surface area contributed by atoms with Crippen LogP contribution in [-0.4, -0.2) is 19.5 Å². The van der Waals surface area contributed by atoms with Crippen molar-refractivity contribution in [2.24, 2.45) is 0 Å². The number of hydrogen-bond acceptors (Lipinski definition) is 5. The van der Waals surface area contributed by atoms with Crippen LogP contribution >= 0.6 is 11.3 Å². The molecule has 284 valence electrons. The summed E-state index contributed by atoms with van der Waals surface area (Å²) >= 11 is 1.79. The molecule has 0 aliphatic rings. The Morgan fingerprint density at radius 3 is 1.84 bits per heavy atom. The second-order valence-electron chi connectivity index (χ2n) is 15.5. The molecule has 0 N–H and O–H groups in total. The summed E-state index contributed by atoms with van der Waals surface area (Å²) in [6.07, 6.45) is 0. The lowest BCUT2D eigenvalue weighted by Gasteiger charge is -2.14. The van der Waals surface area contributed by atoms with Gasteiger partial charge in [0.1, 0.15) is 5.58 Å². The minimum Gasteiger partial charge on any atom is -0.454 e. The molecule has 6 heteroatoms. The molecule has 0 saturated carbocycles. The van der Waals surface area contributed by atoms with Gasteiger partial charge >= 0.3 is 0 Å². The quantitative estimate of drug-likeness (QED) is 0.174. The van der Waals surface area contributed by atoms with E-state index in [0.717, 1.165) is 71.9 Å². The van der Waals surface area contributed by atoms with E-state index in [9.17, 15) is 0 Å². The van der Waals surface area contributed by atoms with Crippen molar-refractivity contribution in [1.29, 1.82) is 0 Å². The lowest BCUT2D eigenvalue weighted by Crippen LogP contribution is -2.02. The van der Waals surface area contributed by atoms with Crippen LogP contribution in [0.3, 0.4) is 0 Å². The van der Waals surface area contributed by atoms with Gasteiger partial charge in [0.25, 0.3) is 0 Å². The van der Waals surface area contributed by atoms with Crippen molar-refractivity contribution in [2.45, 2.75) is 0 Å². The van der Waals surface area contributed by atoms with E-state index in [4.69, 9.17) is 19.4 Å². The van der Waals surface area contributed by atoms with E-state index in [-0.39, 0.29) is 0 Å². The first-order valence-corrected chi connectivity index (χ1v) is 21.3. The standard InChI is InChI=1S/C55H32N4OS/c1-2-15-33(16-3-1)36-19-6-7-21-38(36)53-56-54(41-24-14-28-49-50(41)40-23-10-13-27-48(40)61-49)58-55(57-53)42-29-30-45(52-51(42)39-22-9-12-26-47(39)60-52)59-44-25-11-8-20-37(44)43-31-34-17-4-5-18-35(34)32-46(43)59/h1-32H. The first-order chi connectivity index (χ1) is 30.2. The number of fused-ring (bicyclic) bond motifs is 10. The maximum Gasteiger partial charge on any atom is 0.164 e. The average molecular weight is 797 g/mol. The first kappa shape index (κ1) is 34.0. The van der Waals surface area contributed by atoms with Crippen molar-refractivity contribution in [3.05, 3.63) is 194 Å². The summed E-state index contributed by atoms with van der Waals surface area (Å²) in [6, 6.07) is 68.3. The normalized spacial score (nSPS) is 11.9. The molecule has 13 aromatic rings. The highest BCUT2D eigenvalue weighted by molar-refractivity contribution is 7.25. The molecular weight excluding hydrogens is 765 g/mol. The van der Waals surface area contributed by atoms with Crippen LogP contribution in [0.1, 0.15) is 0 Å². The summed E-state index contributed by atoms with van der Waals surface area (Å²) in [7, 11) is 0. The second-order valence-corrected chi connectivity index (χ2v) is 16.6. The van der Waals surface area contributed by atoms with Crippen LogP contribution in [0.5, 0.6) is 0 Å². The van der Waals surface area contributed by atoms with Gasteiger partial charge in [0, 0.05) is 58.4 Å². The number of nitrogens with zero attached hydrogens (tertiary/aromatic N) is 4. The molecule has 0 radical (unpaired) electrons. The topological polar surface area (TPSA) is 56.7 Å². The van der Waals surface area contributed by atoms with E-state index >= 15 is 0 Å². The van der Waals surface area contributed by atoms with Gasteiger partial charge in [-0.25, -0.2) is 15.0 Å². The van der Waals surface area contributed by atoms with Crippen LogP contribution in [0.4, 0.5) is 0 Å². The molecule has 0 atom stereocenters. The van der Waals surface area contributed by atoms with Crippen molar-refractivity contribution in [3.8, 4) is 51.0 Å². The van der Waals surface area contributed by atoms with Crippen LogP contribution in [-0.2, 0) is 0 Å². The minimum atomic E-state index is 0.579. The number of rotatable bonds is 5. The van der Waals surface area contributed by atoms with Crippen LogP contribution in [0.2, 0.25) is 0 Å². The molecular formula is C55H32N4OS. The molecule has 61 heavy (non-hydrogen) atoms.